The fourth-order valence-electron chi connectivity index (χ4n) is 1.64. The minimum Gasteiger partial charge on any atom is -0.224 e. The van der Waals surface area contributed by atoms with Crippen LogP contribution in [-0.2, 0) is 12.1 Å². The maximum Gasteiger partial charge on any atom is 0.451 e. The van der Waals surface area contributed by atoms with E-state index < -0.39 is 58.4 Å². The first kappa shape index (κ1) is 17.9. The van der Waals surface area contributed by atoms with Crippen molar-refractivity contribution >= 4 is 0 Å². The standard InChI is InChI=1S/C12H4F9N3/c1-11(17,18)4-2-3(22-10(23-4)12(19,20)21)5-6(13)8(15)24-9(16)7(5)14/h2H,1H3. The van der Waals surface area contributed by atoms with E-state index >= 15 is 0 Å². The Balaban J connectivity index is 2.86. The number of alkyl halides is 5. The zero-order valence-electron chi connectivity index (χ0n) is 11.3. The second kappa shape index (κ2) is 5.60. The van der Waals surface area contributed by atoms with Crippen molar-refractivity contribution < 1.29 is 39.5 Å². The van der Waals surface area contributed by atoms with Gasteiger partial charge in [0.2, 0.25) is 5.82 Å². The van der Waals surface area contributed by atoms with E-state index in [0.717, 1.165) is 0 Å². The summed E-state index contributed by atoms with van der Waals surface area (Å²) in [6, 6.07) is 0.0929. The van der Waals surface area contributed by atoms with Gasteiger partial charge in [-0.1, -0.05) is 0 Å². The van der Waals surface area contributed by atoms with Crippen LogP contribution < -0.4 is 0 Å². The van der Waals surface area contributed by atoms with Crippen LogP contribution in [0.1, 0.15) is 18.4 Å². The molecule has 0 saturated heterocycles. The van der Waals surface area contributed by atoms with Crippen molar-refractivity contribution in [3.63, 3.8) is 0 Å². The van der Waals surface area contributed by atoms with Gasteiger partial charge in [-0.3, -0.25) is 0 Å². The molecular weight excluding hydrogens is 357 g/mol. The molecule has 0 unspecified atom stereocenters. The van der Waals surface area contributed by atoms with Gasteiger partial charge in [0.1, 0.15) is 5.69 Å². The van der Waals surface area contributed by atoms with E-state index in [1.54, 1.807) is 0 Å². The van der Waals surface area contributed by atoms with E-state index in [1.807, 2.05) is 0 Å². The number of nitrogens with zero attached hydrogens (tertiary/aromatic N) is 3. The minimum atomic E-state index is -5.35. The molecule has 2 rings (SSSR count). The molecule has 0 atom stereocenters. The summed E-state index contributed by atoms with van der Waals surface area (Å²) in [5, 5.41) is 0. The first-order chi connectivity index (χ1) is 10.8. The van der Waals surface area contributed by atoms with Gasteiger partial charge >= 0.3 is 6.18 Å². The average molecular weight is 361 g/mol. The summed E-state index contributed by atoms with van der Waals surface area (Å²) >= 11 is 0. The Morgan fingerprint density at radius 1 is 0.792 bits per heavy atom. The van der Waals surface area contributed by atoms with Crippen LogP contribution in [0.15, 0.2) is 6.07 Å². The monoisotopic (exact) mass is 361 g/mol. The number of rotatable bonds is 2. The molecule has 2 aromatic rings. The van der Waals surface area contributed by atoms with Crippen molar-refractivity contribution in [2.45, 2.75) is 19.0 Å². The zero-order chi connectivity index (χ0) is 18.4. The van der Waals surface area contributed by atoms with E-state index in [2.05, 4.69) is 15.0 Å². The molecule has 0 aliphatic heterocycles. The SMILES string of the molecule is CC(F)(F)c1cc(-c2c(F)c(F)nc(F)c2F)nc(C(F)(F)F)n1. The second-order valence-electron chi connectivity index (χ2n) is 4.54. The Morgan fingerprint density at radius 3 is 1.71 bits per heavy atom. The molecule has 0 saturated carbocycles. The van der Waals surface area contributed by atoms with Crippen LogP contribution in [0.5, 0.6) is 0 Å². The van der Waals surface area contributed by atoms with Crippen LogP contribution in [0, 0.1) is 23.5 Å². The fraction of sp³-hybridized carbons (Fsp3) is 0.250. The molecule has 24 heavy (non-hydrogen) atoms. The summed E-state index contributed by atoms with van der Waals surface area (Å²) in [5.41, 5.74) is -4.67. The van der Waals surface area contributed by atoms with Gasteiger partial charge in [-0.2, -0.15) is 35.7 Å². The van der Waals surface area contributed by atoms with Gasteiger partial charge in [0, 0.05) is 6.92 Å². The van der Waals surface area contributed by atoms with E-state index in [4.69, 9.17) is 0 Å². The van der Waals surface area contributed by atoms with E-state index in [-0.39, 0.29) is 13.0 Å². The quantitative estimate of drug-likeness (QED) is 0.594. The summed E-state index contributed by atoms with van der Waals surface area (Å²) in [6.45, 7) is 0.166. The molecule has 0 aromatic carbocycles. The van der Waals surface area contributed by atoms with Crippen molar-refractivity contribution in [1.29, 1.82) is 0 Å². The average Bonchev–Trinajstić information content (AvgIpc) is 2.43. The van der Waals surface area contributed by atoms with Gasteiger partial charge in [-0.05, 0) is 6.07 Å². The molecule has 2 heterocycles. The number of hydrogen-bond acceptors (Lipinski definition) is 3. The van der Waals surface area contributed by atoms with Gasteiger partial charge in [0.05, 0.1) is 11.3 Å². The van der Waals surface area contributed by atoms with Crippen molar-refractivity contribution in [2.24, 2.45) is 0 Å². The molecule has 0 bridgehead atoms. The third-order valence-corrected chi connectivity index (χ3v) is 2.68. The third-order valence-electron chi connectivity index (χ3n) is 2.68. The van der Waals surface area contributed by atoms with Crippen LogP contribution in [0.3, 0.4) is 0 Å². The highest BCUT2D eigenvalue weighted by Crippen LogP contribution is 2.35. The molecule has 0 aliphatic carbocycles. The lowest BCUT2D eigenvalue weighted by Crippen LogP contribution is -2.19. The lowest BCUT2D eigenvalue weighted by molar-refractivity contribution is -0.145. The maximum atomic E-state index is 13.6. The smallest absolute Gasteiger partial charge is 0.224 e. The normalized spacial score (nSPS) is 12.6. The lowest BCUT2D eigenvalue weighted by Gasteiger charge is -2.15. The summed E-state index contributed by atoms with van der Waals surface area (Å²) in [4.78, 5) is 7.46. The van der Waals surface area contributed by atoms with E-state index in [1.165, 1.54) is 0 Å². The largest absolute Gasteiger partial charge is 0.451 e. The maximum absolute atomic E-state index is 13.6. The summed E-state index contributed by atoms with van der Waals surface area (Å²) in [6.07, 6.45) is -5.35. The number of aromatic nitrogens is 3. The Labute approximate surface area is 127 Å². The Morgan fingerprint density at radius 2 is 1.29 bits per heavy atom. The highest BCUT2D eigenvalue weighted by atomic mass is 19.4. The van der Waals surface area contributed by atoms with Gasteiger partial charge in [-0.15, -0.1) is 0 Å². The number of hydrogen-bond donors (Lipinski definition) is 0. The Bertz CT molecular complexity index is 737. The second-order valence-corrected chi connectivity index (χ2v) is 4.54. The number of pyridine rings is 1. The van der Waals surface area contributed by atoms with Crippen LogP contribution in [0.2, 0.25) is 0 Å². The van der Waals surface area contributed by atoms with Gasteiger partial charge in [0.25, 0.3) is 17.8 Å². The van der Waals surface area contributed by atoms with Gasteiger partial charge in [-0.25, -0.2) is 18.7 Å². The van der Waals surface area contributed by atoms with Crippen LogP contribution in [0.4, 0.5) is 39.5 Å². The van der Waals surface area contributed by atoms with Crippen LogP contribution >= 0.6 is 0 Å². The van der Waals surface area contributed by atoms with Gasteiger partial charge in [0.15, 0.2) is 11.6 Å². The van der Waals surface area contributed by atoms with Crippen LogP contribution in [0.25, 0.3) is 11.3 Å². The summed E-state index contributed by atoms with van der Waals surface area (Å²) in [7, 11) is 0. The number of halogens is 9. The molecule has 0 fully saturated rings. The topological polar surface area (TPSA) is 38.7 Å². The van der Waals surface area contributed by atoms with E-state index in [0.29, 0.717) is 0 Å². The Kier molecular flexibility index (Phi) is 4.19. The van der Waals surface area contributed by atoms with Crippen molar-refractivity contribution in [2.75, 3.05) is 0 Å². The molecule has 12 heteroatoms. The molecular formula is C12H4F9N3. The summed E-state index contributed by atoms with van der Waals surface area (Å²) < 4.78 is 118. The molecule has 0 spiro atoms. The van der Waals surface area contributed by atoms with Crippen molar-refractivity contribution in [3.8, 4) is 11.3 Å². The predicted molar refractivity (Wildman–Crippen MR) is 59.7 cm³/mol. The van der Waals surface area contributed by atoms with E-state index in [9.17, 15) is 39.5 Å². The predicted octanol–water partition coefficient (Wildman–Crippen LogP) is 4.23. The first-order valence-electron chi connectivity index (χ1n) is 5.87. The molecule has 0 amide bonds. The van der Waals surface area contributed by atoms with Crippen molar-refractivity contribution in [1.82, 2.24) is 15.0 Å². The molecule has 0 N–H and O–H groups in total. The first-order valence-corrected chi connectivity index (χ1v) is 5.87. The van der Waals surface area contributed by atoms with Crippen molar-refractivity contribution in [3.05, 3.63) is 41.1 Å². The summed E-state index contributed by atoms with van der Waals surface area (Å²) in [5.74, 6) is -14.8. The van der Waals surface area contributed by atoms with Crippen LogP contribution in [-0.4, -0.2) is 15.0 Å². The van der Waals surface area contributed by atoms with Gasteiger partial charge < -0.3 is 0 Å². The third kappa shape index (κ3) is 3.26. The highest BCUT2D eigenvalue weighted by molar-refractivity contribution is 5.61. The fourth-order valence-corrected chi connectivity index (χ4v) is 1.64. The molecule has 0 radical (unpaired) electrons. The molecule has 0 aliphatic rings. The Hall–Kier alpha value is -2.40. The minimum absolute atomic E-state index is 0.0929. The molecule has 3 nitrogen and oxygen atoms in total. The molecule has 2 aromatic heterocycles. The zero-order valence-corrected chi connectivity index (χ0v) is 11.3. The lowest BCUT2D eigenvalue weighted by atomic mass is 10.1. The highest BCUT2D eigenvalue weighted by Gasteiger charge is 2.39. The molecule has 130 valence electrons.